The van der Waals surface area contributed by atoms with Crippen LogP contribution in [-0.2, 0) is 0 Å². The second kappa shape index (κ2) is 8.18. The van der Waals surface area contributed by atoms with Gasteiger partial charge in [0.2, 0.25) is 0 Å². The van der Waals surface area contributed by atoms with E-state index in [0.717, 1.165) is 20.3 Å². The van der Waals surface area contributed by atoms with Crippen LogP contribution in [0.25, 0.3) is 32.0 Å². The summed E-state index contributed by atoms with van der Waals surface area (Å²) in [5.41, 5.74) is 9.89. The van der Waals surface area contributed by atoms with Crippen LogP contribution >= 0.6 is 38.6 Å². The molecule has 0 aliphatic rings. The molecule has 0 saturated carbocycles. The Balaban J connectivity index is 1.64. The average Bonchev–Trinajstić information content (AvgIpc) is 3.44. The lowest BCUT2D eigenvalue weighted by atomic mass is 10.1. The summed E-state index contributed by atoms with van der Waals surface area (Å²) >= 11 is 6.28. The van der Waals surface area contributed by atoms with Gasteiger partial charge in [-0.1, -0.05) is 22.0 Å². The Kier molecular flexibility index (Phi) is 5.23. The molecule has 0 fully saturated rings. The molecule has 0 atom stereocenters. The van der Waals surface area contributed by atoms with Gasteiger partial charge in [0.1, 0.15) is 15.4 Å². The Bertz CT molecular complexity index is 1380. The van der Waals surface area contributed by atoms with Crippen molar-refractivity contribution in [2.75, 3.05) is 11.1 Å². The van der Waals surface area contributed by atoms with Crippen molar-refractivity contribution in [3.8, 4) is 21.8 Å². The number of hydrogen-bond donors (Lipinski definition) is 2. The summed E-state index contributed by atoms with van der Waals surface area (Å²) in [6, 6.07) is 13.4. The van der Waals surface area contributed by atoms with E-state index < -0.39 is 0 Å². The summed E-state index contributed by atoms with van der Waals surface area (Å²) in [6.07, 6.45) is 4.92. The number of benzene rings is 1. The molecule has 1 amide bonds. The SMILES string of the molecule is Nc1c(C(=O)Nc2ccc(Br)cc2)sc2nc(-c3cnccn3)cc(-c3cccs3)c12. The van der Waals surface area contributed by atoms with E-state index in [1.165, 1.54) is 11.3 Å². The third kappa shape index (κ3) is 3.83. The van der Waals surface area contributed by atoms with Crippen LogP contribution in [0.15, 0.2) is 70.9 Å². The van der Waals surface area contributed by atoms with Crippen LogP contribution < -0.4 is 11.1 Å². The summed E-state index contributed by atoms with van der Waals surface area (Å²) in [4.78, 5) is 28.4. The lowest BCUT2D eigenvalue weighted by Crippen LogP contribution is -2.11. The predicted molar refractivity (Wildman–Crippen MR) is 130 cm³/mol. The molecule has 5 rings (SSSR count). The molecule has 0 spiro atoms. The van der Waals surface area contributed by atoms with E-state index in [2.05, 4.69) is 31.2 Å². The summed E-state index contributed by atoms with van der Waals surface area (Å²) < 4.78 is 0.938. The summed E-state index contributed by atoms with van der Waals surface area (Å²) in [5.74, 6) is -0.263. The van der Waals surface area contributed by atoms with Crippen molar-refractivity contribution in [3.63, 3.8) is 0 Å². The van der Waals surface area contributed by atoms with Crippen LogP contribution in [0.3, 0.4) is 0 Å². The van der Waals surface area contributed by atoms with Gasteiger partial charge in [-0.15, -0.1) is 22.7 Å². The number of nitrogens with two attached hydrogens (primary N) is 1. The maximum absolute atomic E-state index is 13.0. The molecule has 0 saturated heterocycles. The van der Waals surface area contributed by atoms with Crippen LogP contribution in [0.2, 0.25) is 0 Å². The van der Waals surface area contributed by atoms with Crippen molar-refractivity contribution >= 4 is 66.1 Å². The van der Waals surface area contributed by atoms with E-state index in [4.69, 9.17) is 10.7 Å². The molecule has 0 aliphatic carbocycles. The lowest BCUT2D eigenvalue weighted by molar-refractivity contribution is 0.103. The number of anilines is 2. The van der Waals surface area contributed by atoms with E-state index in [1.54, 1.807) is 29.9 Å². The number of halogens is 1. The van der Waals surface area contributed by atoms with E-state index >= 15 is 0 Å². The zero-order valence-electron chi connectivity index (χ0n) is 15.9. The minimum absolute atomic E-state index is 0.263. The fourth-order valence-corrected chi connectivity index (χ4v) is 5.23. The van der Waals surface area contributed by atoms with Crippen LogP contribution in [-0.4, -0.2) is 20.9 Å². The largest absolute Gasteiger partial charge is 0.397 e. The van der Waals surface area contributed by atoms with Gasteiger partial charge in [-0.2, -0.15) is 0 Å². The third-order valence-corrected chi connectivity index (χ3v) is 7.15. The first-order valence-electron chi connectivity index (χ1n) is 9.20. The fraction of sp³-hybridized carbons (Fsp3) is 0. The molecule has 31 heavy (non-hydrogen) atoms. The van der Waals surface area contributed by atoms with Crippen molar-refractivity contribution in [2.24, 2.45) is 0 Å². The number of fused-ring (bicyclic) bond motifs is 1. The predicted octanol–water partition coefficient (Wildman–Crippen LogP) is 6.08. The molecule has 0 unspecified atom stereocenters. The highest BCUT2D eigenvalue weighted by Crippen LogP contribution is 2.42. The van der Waals surface area contributed by atoms with Gasteiger partial charge in [-0.3, -0.25) is 14.8 Å². The Morgan fingerprint density at radius 2 is 1.94 bits per heavy atom. The number of pyridine rings is 1. The second-order valence-electron chi connectivity index (χ2n) is 6.61. The van der Waals surface area contributed by atoms with Gasteiger partial charge in [0.05, 0.1) is 17.6 Å². The summed E-state index contributed by atoms with van der Waals surface area (Å²) in [7, 11) is 0. The lowest BCUT2D eigenvalue weighted by Gasteiger charge is -2.07. The highest BCUT2D eigenvalue weighted by Gasteiger charge is 2.22. The molecular weight excluding hydrogens is 494 g/mol. The second-order valence-corrected chi connectivity index (χ2v) is 9.47. The molecule has 0 aliphatic heterocycles. The molecule has 9 heteroatoms. The van der Waals surface area contributed by atoms with Gasteiger partial charge >= 0.3 is 0 Å². The Morgan fingerprint density at radius 3 is 2.65 bits per heavy atom. The fourth-order valence-electron chi connectivity index (χ4n) is 3.20. The maximum atomic E-state index is 13.0. The van der Waals surface area contributed by atoms with E-state index in [-0.39, 0.29) is 5.91 Å². The molecule has 4 aromatic heterocycles. The average molecular weight is 508 g/mol. The van der Waals surface area contributed by atoms with Crippen molar-refractivity contribution in [1.82, 2.24) is 15.0 Å². The van der Waals surface area contributed by atoms with Crippen molar-refractivity contribution < 1.29 is 4.79 Å². The molecule has 1 aromatic carbocycles. The topological polar surface area (TPSA) is 93.8 Å². The molecule has 0 radical (unpaired) electrons. The first-order valence-corrected chi connectivity index (χ1v) is 11.7. The van der Waals surface area contributed by atoms with Crippen LogP contribution in [0, 0.1) is 0 Å². The molecule has 4 heterocycles. The normalized spacial score (nSPS) is 11.0. The molecule has 5 aromatic rings. The zero-order chi connectivity index (χ0) is 21.4. The van der Waals surface area contributed by atoms with E-state index in [1.807, 2.05) is 47.8 Å². The van der Waals surface area contributed by atoms with Crippen LogP contribution in [0.1, 0.15) is 9.67 Å². The number of aromatic nitrogens is 3. The van der Waals surface area contributed by atoms with Crippen molar-refractivity contribution in [3.05, 3.63) is 75.8 Å². The Morgan fingerprint density at radius 1 is 1.10 bits per heavy atom. The van der Waals surface area contributed by atoms with Gasteiger partial charge in [-0.25, -0.2) is 4.98 Å². The maximum Gasteiger partial charge on any atom is 0.267 e. The van der Waals surface area contributed by atoms with Crippen LogP contribution in [0.4, 0.5) is 11.4 Å². The number of nitrogens with one attached hydrogen (secondary N) is 1. The number of hydrogen-bond acceptors (Lipinski definition) is 7. The minimum atomic E-state index is -0.263. The van der Waals surface area contributed by atoms with Gasteiger partial charge < -0.3 is 11.1 Å². The number of amides is 1. The Hall–Kier alpha value is -3.14. The van der Waals surface area contributed by atoms with Gasteiger partial charge in [-0.05, 0) is 41.8 Å². The molecule has 0 bridgehead atoms. The summed E-state index contributed by atoms with van der Waals surface area (Å²) in [6.45, 7) is 0. The minimum Gasteiger partial charge on any atom is -0.397 e. The molecule has 3 N–H and O–H groups in total. The number of nitrogen functional groups attached to an aromatic ring is 1. The van der Waals surface area contributed by atoms with Gasteiger partial charge in [0.15, 0.2) is 0 Å². The number of rotatable bonds is 4. The number of carbonyl (C=O) groups is 1. The first-order chi connectivity index (χ1) is 15.1. The third-order valence-electron chi connectivity index (χ3n) is 4.62. The van der Waals surface area contributed by atoms with Crippen molar-refractivity contribution in [1.29, 1.82) is 0 Å². The number of nitrogens with zero attached hydrogens (tertiary/aromatic N) is 3. The number of thiophene rings is 2. The van der Waals surface area contributed by atoms with E-state index in [0.29, 0.717) is 32.5 Å². The summed E-state index contributed by atoms with van der Waals surface area (Å²) in [5, 5.41) is 5.70. The molecular formula is C22H14BrN5OS2. The first kappa shape index (κ1) is 19.8. The highest BCUT2D eigenvalue weighted by molar-refractivity contribution is 9.10. The molecule has 152 valence electrons. The standard InChI is InChI=1S/C22H14BrN5OS2/c23-12-3-5-13(6-4-12)27-21(29)20-19(24)18-14(17-2-1-9-30-17)10-15(28-22(18)31-20)16-11-25-7-8-26-16/h1-11H,24H2,(H,27,29). The highest BCUT2D eigenvalue weighted by atomic mass is 79.9. The van der Waals surface area contributed by atoms with Crippen LogP contribution in [0.5, 0.6) is 0 Å². The quantitative estimate of drug-likeness (QED) is 0.307. The Labute approximate surface area is 194 Å². The monoisotopic (exact) mass is 507 g/mol. The molecule has 6 nitrogen and oxygen atoms in total. The zero-order valence-corrected chi connectivity index (χ0v) is 19.1. The van der Waals surface area contributed by atoms with Crippen molar-refractivity contribution in [2.45, 2.75) is 0 Å². The van der Waals surface area contributed by atoms with Gasteiger partial charge in [0.25, 0.3) is 5.91 Å². The van der Waals surface area contributed by atoms with E-state index in [9.17, 15) is 4.79 Å². The smallest absolute Gasteiger partial charge is 0.267 e. The number of carbonyl (C=O) groups excluding carboxylic acids is 1. The van der Waals surface area contributed by atoms with Gasteiger partial charge in [0, 0.05) is 38.4 Å².